The fourth-order valence-electron chi connectivity index (χ4n) is 1.64. The maximum absolute atomic E-state index is 11.6. The summed E-state index contributed by atoms with van der Waals surface area (Å²) in [5, 5.41) is 0.987. The number of halogens is 1. The lowest BCUT2D eigenvalue weighted by atomic mass is 10.2. The molecule has 0 fully saturated rings. The second-order valence-electron chi connectivity index (χ2n) is 3.51. The van der Waals surface area contributed by atoms with Crippen molar-refractivity contribution in [2.75, 3.05) is 6.26 Å². The Kier molecular flexibility index (Phi) is 2.54. The Morgan fingerprint density at radius 3 is 2.60 bits per heavy atom. The normalized spacial score (nSPS) is 12.2. The quantitative estimate of drug-likeness (QED) is 0.751. The molecule has 0 aliphatic rings. The van der Waals surface area contributed by atoms with E-state index in [1.807, 2.05) is 25.1 Å². The van der Waals surface area contributed by atoms with Crippen LogP contribution < -0.4 is 0 Å². The first-order chi connectivity index (χ1) is 6.91. The van der Waals surface area contributed by atoms with Crippen molar-refractivity contribution >= 4 is 43.5 Å². The maximum atomic E-state index is 11.6. The number of aromatic nitrogens is 1. The molecule has 0 unspecified atom stereocenters. The zero-order chi connectivity index (χ0) is 11.2. The summed E-state index contributed by atoms with van der Waals surface area (Å²) in [6.07, 6.45) is 2.88. The van der Waals surface area contributed by atoms with Crippen molar-refractivity contribution in [2.45, 2.75) is 6.92 Å². The van der Waals surface area contributed by atoms with Crippen LogP contribution in [0.1, 0.15) is 5.56 Å². The molecule has 0 aliphatic heterocycles. The van der Waals surface area contributed by atoms with Gasteiger partial charge in [0, 0.05) is 15.2 Å². The fraction of sp³-hybridized carbons (Fsp3) is 0.200. The van der Waals surface area contributed by atoms with E-state index < -0.39 is 10.0 Å². The molecular formula is C10H10INO2S. The van der Waals surface area contributed by atoms with Gasteiger partial charge >= 0.3 is 0 Å². The molecule has 0 bridgehead atoms. The van der Waals surface area contributed by atoms with Gasteiger partial charge < -0.3 is 0 Å². The number of hydrogen-bond acceptors (Lipinski definition) is 2. The van der Waals surface area contributed by atoms with Gasteiger partial charge in [-0.2, -0.15) is 0 Å². The van der Waals surface area contributed by atoms with Gasteiger partial charge in [-0.25, -0.2) is 12.4 Å². The summed E-state index contributed by atoms with van der Waals surface area (Å²) in [4.78, 5) is 0. The largest absolute Gasteiger partial charge is 0.244 e. The molecule has 1 heterocycles. The van der Waals surface area contributed by atoms with Crippen molar-refractivity contribution in [3.8, 4) is 0 Å². The SMILES string of the molecule is Cc1cccc2c(I)cn(S(C)(=O)=O)c12. The molecule has 0 saturated carbocycles. The molecule has 15 heavy (non-hydrogen) atoms. The average Bonchev–Trinajstić information content (AvgIpc) is 2.45. The van der Waals surface area contributed by atoms with Crippen molar-refractivity contribution in [1.82, 2.24) is 3.97 Å². The van der Waals surface area contributed by atoms with Crippen molar-refractivity contribution < 1.29 is 8.42 Å². The van der Waals surface area contributed by atoms with Gasteiger partial charge in [0.1, 0.15) is 0 Å². The van der Waals surface area contributed by atoms with Crippen LogP contribution >= 0.6 is 22.6 Å². The lowest BCUT2D eigenvalue weighted by Crippen LogP contribution is -2.08. The second kappa shape index (κ2) is 3.48. The van der Waals surface area contributed by atoms with Gasteiger partial charge in [0.25, 0.3) is 0 Å². The number of aryl methyl sites for hydroxylation is 1. The lowest BCUT2D eigenvalue weighted by Gasteiger charge is -2.03. The van der Waals surface area contributed by atoms with E-state index in [0.29, 0.717) is 0 Å². The summed E-state index contributed by atoms with van der Waals surface area (Å²) in [6.45, 7) is 1.92. The highest BCUT2D eigenvalue weighted by Gasteiger charge is 2.14. The molecule has 0 saturated heterocycles. The smallest absolute Gasteiger partial charge is 0.236 e. The highest BCUT2D eigenvalue weighted by molar-refractivity contribution is 14.1. The van der Waals surface area contributed by atoms with Gasteiger partial charge in [-0.05, 0) is 35.1 Å². The van der Waals surface area contributed by atoms with Crippen LogP contribution in [0.5, 0.6) is 0 Å². The monoisotopic (exact) mass is 335 g/mol. The zero-order valence-electron chi connectivity index (χ0n) is 8.36. The van der Waals surface area contributed by atoms with Crippen LogP contribution in [0.15, 0.2) is 24.4 Å². The summed E-state index contributed by atoms with van der Waals surface area (Å²) < 4.78 is 25.4. The number of nitrogens with zero attached hydrogens (tertiary/aromatic N) is 1. The molecule has 0 amide bonds. The number of para-hydroxylation sites is 1. The number of benzene rings is 1. The zero-order valence-corrected chi connectivity index (χ0v) is 11.3. The maximum Gasteiger partial charge on any atom is 0.236 e. The average molecular weight is 335 g/mol. The van der Waals surface area contributed by atoms with Gasteiger partial charge in [0.2, 0.25) is 10.0 Å². The van der Waals surface area contributed by atoms with Gasteiger partial charge in [-0.1, -0.05) is 18.2 Å². The van der Waals surface area contributed by atoms with Crippen LogP contribution in [0.3, 0.4) is 0 Å². The third-order valence-electron chi connectivity index (χ3n) is 2.30. The molecule has 2 rings (SSSR count). The third kappa shape index (κ3) is 1.78. The molecule has 1 aromatic carbocycles. The first-order valence-electron chi connectivity index (χ1n) is 4.38. The molecular weight excluding hydrogens is 325 g/mol. The molecule has 0 aliphatic carbocycles. The van der Waals surface area contributed by atoms with Crippen molar-refractivity contribution in [2.24, 2.45) is 0 Å². The van der Waals surface area contributed by atoms with Crippen LogP contribution in [-0.4, -0.2) is 18.6 Å². The van der Waals surface area contributed by atoms with Gasteiger partial charge in [0.15, 0.2) is 0 Å². The molecule has 2 aromatic rings. The van der Waals surface area contributed by atoms with Crippen molar-refractivity contribution in [3.05, 3.63) is 33.5 Å². The molecule has 5 heteroatoms. The molecule has 0 spiro atoms. The predicted octanol–water partition coefficient (Wildman–Crippen LogP) is 2.36. The van der Waals surface area contributed by atoms with Gasteiger partial charge in [-0.3, -0.25) is 0 Å². The number of fused-ring (bicyclic) bond motifs is 1. The molecule has 0 radical (unpaired) electrons. The Balaban J connectivity index is 3.01. The Bertz CT molecular complexity index is 628. The lowest BCUT2D eigenvalue weighted by molar-refractivity contribution is 0.595. The summed E-state index contributed by atoms with van der Waals surface area (Å²) in [7, 11) is -3.22. The minimum absolute atomic E-state index is 0.782. The highest BCUT2D eigenvalue weighted by atomic mass is 127. The fourth-order valence-corrected chi connectivity index (χ4v) is 3.42. The predicted molar refractivity (Wildman–Crippen MR) is 69.6 cm³/mol. The number of hydrogen-bond donors (Lipinski definition) is 0. The molecule has 0 N–H and O–H groups in total. The second-order valence-corrected chi connectivity index (χ2v) is 6.53. The molecule has 0 atom stereocenters. The first kappa shape index (κ1) is 10.9. The van der Waals surface area contributed by atoms with E-state index in [9.17, 15) is 8.42 Å². The van der Waals surface area contributed by atoms with E-state index in [4.69, 9.17) is 0 Å². The van der Waals surface area contributed by atoms with E-state index in [1.165, 1.54) is 10.2 Å². The van der Waals surface area contributed by atoms with E-state index in [0.717, 1.165) is 20.0 Å². The first-order valence-corrected chi connectivity index (χ1v) is 7.30. The minimum atomic E-state index is -3.22. The Morgan fingerprint density at radius 1 is 1.33 bits per heavy atom. The Hall–Kier alpha value is -0.560. The van der Waals surface area contributed by atoms with Crippen LogP contribution in [-0.2, 0) is 10.0 Å². The van der Waals surface area contributed by atoms with Gasteiger partial charge in [0.05, 0.1) is 11.8 Å². The van der Waals surface area contributed by atoms with E-state index in [-0.39, 0.29) is 0 Å². The minimum Gasteiger partial charge on any atom is -0.244 e. The van der Waals surface area contributed by atoms with Crippen molar-refractivity contribution in [1.29, 1.82) is 0 Å². The molecule has 80 valence electrons. The van der Waals surface area contributed by atoms with E-state index in [2.05, 4.69) is 22.6 Å². The van der Waals surface area contributed by atoms with E-state index >= 15 is 0 Å². The van der Waals surface area contributed by atoms with E-state index in [1.54, 1.807) is 6.20 Å². The Morgan fingerprint density at radius 2 is 2.00 bits per heavy atom. The van der Waals surface area contributed by atoms with Crippen molar-refractivity contribution in [3.63, 3.8) is 0 Å². The van der Waals surface area contributed by atoms with Crippen LogP contribution in [0, 0.1) is 10.5 Å². The highest BCUT2D eigenvalue weighted by Crippen LogP contribution is 2.26. The van der Waals surface area contributed by atoms with Crippen LogP contribution in [0.4, 0.5) is 0 Å². The third-order valence-corrected chi connectivity index (χ3v) is 4.17. The van der Waals surface area contributed by atoms with Crippen LogP contribution in [0.25, 0.3) is 10.9 Å². The number of rotatable bonds is 1. The Labute approximate surface area is 102 Å². The van der Waals surface area contributed by atoms with Crippen LogP contribution in [0.2, 0.25) is 0 Å². The topological polar surface area (TPSA) is 39.1 Å². The summed E-state index contributed by atoms with van der Waals surface area (Å²) in [6, 6.07) is 5.79. The summed E-state index contributed by atoms with van der Waals surface area (Å²) in [5.74, 6) is 0. The summed E-state index contributed by atoms with van der Waals surface area (Å²) in [5.41, 5.74) is 1.75. The molecule has 1 aromatic heterocycles. The molecule has 3 nitrogen and oxygen atoms in total. The standard InChI is InChI=1S/C10H10INO2S/c1-7-4-3-5-8-9(11)6-12(10(7)8)15(2,13)14/h3-6H,1-2H3. The summed E-state index contributed by atoms with van der Waals surface area (Å²) >= 11 is 2.15. The van der Waals surface area contributed by atoms with Gasteiger partial charge in [-0.15, -0.1) is 0 Å².